The summed E-state index contributed by atoms with van der Waals surface area (Å²) in [6, 6.07) is 0.381. The molecule has 0 aliphatic carbocycles. The number of thioether (sulfide) groups is 1. The molecule has 0 saturated carbocycles. The van der Waals surface area contributed by atoms with Gasteiger partial charge in [0.05, 0.1) is 30.4 Å². The Morgan fingerprint density at radius 3 is 2.76 bits per heavy atom. The lowest BCUT2D eigenvalue weighted by Crippen LogP contribution is -2.32. The summed E-state index contributed by atoms with van der Waals surface area (Å²) in [6.45, 7) is 4.53. The van der Waals surface area contributed by atoms with Crippen LogP contribution in [0.2, 0.25) is 0 Å². The van der Waals surface area contributed by atoms with Crippen LogP contribution in [0.25, 0.3) is 11.0 Å². The highest BCUT2D eigenvalue weighted by Crippen LogP contribution is 2.34. The van der Waals surface area contributed by atoms with Crippen molar-refractivity contribution >= 4 is 41.2 Å². The normalized spacial score (nSPS) is 16.0. The van der Waals surface area contributed by atoms with Crippen LogP contribution in [0.5, 0.6) is 5.75 Å². The van der Waals surface area contributed by atoms with Gasteiger partial charge in [-0.1, -0.05) is 0 Å². The van der Waals surface area contributed by atoms with Crippen LogP contribution in [0.3, 0.4) is 0 Å². The van der Waals surface area contributed by atoms with E-state index < -0.39 is 0 Å². The minimum atomic E-state index is 0. The smallest absolute Gasteiger partial charge is 0.223 e. The largest absolute Gasteiger partial charge is 0.496 e. The SMILES string of the molecule is COc1c(C)cnc(Cn2nc3c4c(nc(N)nc42)SCC(N(C)C)C3)c1C.Cl. The summed E-state index contributed by atoms with van der Waals surface area (Å²) in [4.78, 5) is 15.9. The summed E-state index contributed by atoms with van der Waals surface area (Å²) in [6.07, 6.45) is 2.69. The molecule has 0 saturated heterocycles. The molecular weight excluding hydrogens is 410 g/mol. The second-order valence-electron chi connectivity index (χ2n) is 7.37. The zero-order chi connectivity index (χ0) is 20.0. The maximum absolute atomic E-state index is 6.01. The number of aromatic nitrogens is 5. The first-order chi connectivity index (χ1) is 13.4. The monoisotopic (exact) mass is 435 g/mol. The molecule has 3 aromatic heterocycles. The molecule has 29 heavy (non-hydrogen) atoms. The number of nitrogen functional groups attached to an aromatic ring is 1. The second kappa shape index (κ2) is 8.33. The molecule has 0 bridgehead atoms. The Hall–Kier alpha value is -2.10. The van der Waals surface area contributed by atoms with Crippen LogP contribution in [-0.4, -0.2) is 62.6 Å². The fraction of sp³-hybridized carbons (Fsp3) is 0.474. The number of hydrogen-bond donors (Lipinski definition) is 1. The van der Waals surface area contributed by atoms with Crippen LogP contribution in [0, 0.1) is 13.8 Å². The van der Waals surface area contributed by atoms with Crippen LogP contribution in [-0.2, 0) is 13.0 Å². The molecule has 0 aromatic carbocycles. The Kier molecular flexibility index (Phi) is 6.21. The average molecular weight is 436 g/mol. The summed E-state index contributed by atoms with van der Waals surface area (Å²) in [5.41, 5.74) is 10.7. The molecule has 4 rings (SSSR count). The fourth-order valence-electron chi connectivity index (χ4n) is 3.65. The fourth-order valence-corrected chi connectivity index (χ4v) is 4.92. The maximum Gasteiger partial charge on any atom is 0.223 e. The van der Waals surface area contributed by atoms with Crippen LogP contribution in [0.15, 0.2) is 11.2 Å². The molecule has 0 amide bonds. The quantitative estimate of drug-likeness (QED) is 0.624. The number of nitrogens with two attached hydrogens (primary N) is 1. The molecular formula is C19H26ClN7OS. The van der Waals surface area contributed by atoms with Gasteiger partial charge in [0, 0.05) is 35.5 Å². The van der Waals surface area contributed by atoms with E-state index >= 15 is 0 Å². The molecule has 4 heterocycles. The number of rotatable bonds is 4. The highest BCUT2D eigenvalue weighted by atomic mass is 35.5. The Bertz CT molecular complexity index is 1050. The van der Waals surface area contributed by atoms with Crippen molar-refractivity contribution in [2.45, 2.75) is 37.9 Å². The van der Waals surface area contributed by atoms with E-state index in [4.69, 9.17) is 15.6 Å². The average Bonchev–Trinajstić information content (AvgIpc) is 2.86. The summed E-state index contributed by atoms with van der Waals surface area (Å²) in [5, 5.41) is 6.84. The number of methoxy groups -OCH3 is 1. The maximum atomic E-state index is 6.01. The van der Waals surface area contributed by atoms with Crippen molar-refractivity contribution in [3.05, 3.63) is 28.7 Å². The van der Waals surface area contributed by atoms with Crippen molar-refractivity contribution in [3.8, 4) is 5.75 Å². The summed E-state index contributed by atoms with van der Waals surface area (Å²) < 4.78 is 7.45. The summed E-state index contributed by atoms with van der Waals surface area (Å²) in [7, 11) is 5.88. The van der Waals surface area contributed by atoms with Gasteiger partial charge in [-0.2, -0.15) is 10.1 Å². The first kappa shape index (κ1) is 21.6. The molecule has 1 aliphatic heterocycles. The van der Waals surface area contributed by atoms with Gasteiger partial charge in [-0.25, -0.2) is 9.67 Å². The number of aryl methyl sites for hydroxylation is 1. The van der Waals surface area contributed by atoms with Gasteiger partial charge in [0.2, 0.25) is 5.95 Å². The van der Waals surface area contributed by atoms with Gasteiger partial charge in [-0.05, 0) is 27.9 Å². The standard InChI is InChI=1S/C19H25N7OS.ClH/c1-10-7-21-14(11(2)16(10)27-5)8-26-17-15-13(24-26)6-12(25(3)4)9-28-18(15)23-19(20)22-17;/h7,12H,6,8-9H2,1-5H3,(H2,20,22,23);1H. The van der Waals surface area contributed by atoms with Crippen molar-refractivity contribution in [2.24, 2.45) is 0 Å². The number of anilines is 1. The van der Waals surface area contributed by atoms with Gasteiger partial charge in [-0.15, -0.1) is 24.2 Å². The van der Waals surface area contributed by atoms with Crippen molar-refractivity contribution in [1.82, 2.24) is 29.6 Å². The molecule has 10 heteroatoms. The molecule has 1 atom stereocenters. The minimum Gasteiger partial charge on any atom is -0.496 e. The third-order valence-electron chi connectivity index (χ3n) is 5.27. The van der Waals surface area contributed by atoms with E-state index in [2.05, 4.69) is 33.9 Å². The number of pyridine rings is 1. The number of ether oxygens (including phenoxy) is 1. The molecule has 0 radical (unpaired) electrons. The second-order valence-corrected chi connectivity index (χ2v) is 8.38. The number of likely N-dealkylation sites (N-methyl/N-ethyl adjacent to an activating group) is 1. The molecule has 3 aromatic rings. The zero-order valence-corrected chi connectivity index (χ0v) is 18.9. The van der Waals surface area contributed by atoms with E-state index in [1.807, 2.05) is 24.7 Å². The number of nitrogens with zero attached hydrogens (tertiary/aromatic N) is 6. The van der Waals surface area contributed by atoms with Crippen molar-refractivity contribution in [2.75, 3.05) is 32.7 Å². The Morgan fingerprint density at radius 1 is 1.31 bits per heavy atom. The first-order valence-corrected chi connectivity index (χ1v) is 10.2. The Morgan fingerprint density at radius 2 is 2.07 bits per heavy atom. The van der Waals surface area contributed by atoms with Crippen molar-refractivity contribution < 1.29 is 4.74 Å². The van der Waals surface area contributed by atoms with Gasteiger partial charge < -0.3 is 15.4 Å². The van der Waals surface area contributed by atoms with E-state index in [0.717, 1.165) is 56.5 Å². The topological polar surface area (TPSA) is 95.0 Å². The third-order valence-corrected chi connectivity index (χ3v) is 6.39. The van der Waals surface area contributed by atoms with Gasteiger partial charge in [0.1, 0.15) is 10.8 Å². The molecule has 156 valence electrons. The Labute approximate surface area is 180 Å². The molecule has 8 nitrogen and oxygen atoms in total. The third kappa shape index (κ3) is 3.86. The van der Waals surface area contributed by atoms with E-state index in [9.17, 15) is 0 Å². The van der Waals surface area contributed by atoms with Crippen molar-refractivity contribution in [3.63, 3.8) is 0 Å². The van der Waals surface area contributed by atoms with E-state index in [1.165, 1.54) is 0 Å². The van der Waals surface area contributed by atoms with Crippen LogP contribution in [0.4, 0.5) is 5.95 Å². The van der Waals surface area contributed by atoms with E-state index in [-0.39, 0.29) is 18.4 Å². The predicted octanol–water partition coefficient (Wildman–Crippen LogP) is 2.48. The molecule has 0 fully saturated rings. The summed E-state index contributed by atoms with van der Waals surface area (Å²) >= 11 is 1.72. The van der Waals surface area contributed by atoms with Gasteiger partial charge in [-0.3, -0.25) is 4.98 Å². The van der Waals surface area contributed by atoms with Crippen molar-refractivity contribution in [1.29, 1.82) is 0 Å². The van der Waals surface area contributed by atoms with Gasteiger partial charge in [0.15, 0.2) is 5.65 Å². The van der Waals surface area contributed by atoms with Crippen LogP contribution in [0.1, 0.15) is 22.5 Å². The highest BCUT2D eigenvalue weighted by Gasteiger charge is 2.27. The molecule has 2 N–H and O–H groups in total. The van der Waals surface area contributed by atoms with E-state index in [0.29, 0.717) is 12.6 Å². The van der Waals surface area contributed by atoms with Gasteiger partial charge >= 0.3 is 0 Å². The van der Waals surface area contributed by atoms with Crippen LogP contribution >= 0.6 is 24.2 Å². The predicted molar refractivity (Wildman–Crippen MR) is 118 cm³/mol. The first-order valence-electron chi connectivity index (χ1n) is 9.20. The number of hydrogen-bond acceptors (Lipinski definition) is 8. The lowest BCUT2D eigenvalue weighted by atomic mass is 10.1. The highest BCUT2D eigenvalue weighted by molar-refractivity contribution is 7.99. The molecule has 1 aliphatic rings. The molecule has 1 unspecified atom stereocenters. The minimum absolute atomic E-state index is 0. The van der Waals surface area contributed by atoms with E-state index in [1.54, 1.807) is 18.9 Å². The lowest BCUT2D eigenvalue weighted by molar-refractivity contribution is 0.315. The summed E-state index contributed by atoms with van der Waals surface area (Å²) in [5.74, 6) is 2.09. The van der Waals surface area contributed by atoms with Crippen LogP contribution < -0.4 is 10.5 Å². The Balaban J connectivity index is 0.00000240. The zero-order valence-electron chi connectivity index (χ0n) is 17.3. The lowest BCUT2D eigenvalue weighted by Gasteiger charge is -2.21. The van der Waals surface area contributed by atoms with Gasteiger partial charge in [0.25, 0.3) is 0 Å². The molecule has 0 spiro atoms. The number of halogens is 1.